The number of rotatable bonds is 5. The molecule has 1 aliphatic carbocycles. The number of hydrogen-bond donors (Lipinski definition) is 1. The Morgan fingerprint density at radius 3 is 2.59 bits per heavy atom. The Kier molecular flexibility index (Phi) is 6.66. The first-order valence-corrected chi connectivity index (χ1v) is 7.30. The average Bonchev–Trinajstić information content (AvgIpc) is 2.34. The lowest BCUT2D eigenvalue weighted by atomic mass is 9.72. The second-order valence-corrected chi connectivity index (χ2v) is 5.80. The zero-order valence-corrected chi connectivity index (χ0v) is 12.1. The Morgan fingerprint density at radius 1 is 1.24 bits per heavy atom. The summed E-state index contributed by atoms with van der Waals surface area (Å²) in [5.74, 6) is 8.99. The molecule has 1 nitrogen and oxygen atoms in total. The molecule has 3 atom stereocenters. The molecule has 0 saturated heterocycles. The first kappa shape index (κ1) is 14.6. The van der Waals surface area contributed by atoms with E-state index in [0.717, 1.165) is 24.2 Å². The van der Waals surface area contributed by atoms with Gasteiger partial charge in [-0.3, -0.25) is 0 Å². The topological polar surface area (TPSA) is 12.0 Å². The van der Waals surface area contributed by atoms with Gasteiger partial charge in [0.15, 0.2) is 0 Å². The molecule has 0 bridgehead atoms. The van der Waals surface area contributed by atoms with Crippen molar-refractivity contribution >= 4 is 0 Å². The molecular formula is C16H29N. The summed E-state index contributed by atoms with van der Waals surface area (Å²) >= 11 is 0. The van der Waals surface area contributed by atoms with Gasteiger partial charge in [-0.05, 0) is 44.1 Å². The summed E-state index contributed by atoms with van der Waals surface area (Å²) in [5.41, 5.74) is 0. The summed E-state index contributed by atoms with van der Waals surface area (Å²) in [6.07, 6.45) is 6.68. The standard InChI is InChI=1S/C16H29N/c1-5-7-8-15-11-14(6-2)9-10-16(15)12-17-13(3)4/h13-17H,6,8-12H2,1-4H3. The fraction of sp³-hybridized carbons (Fsp3) is 0.875. The predicted molar refractivity (Wildman–Crippen MR) is 75.8 cm³/mol. The summed E-state index contributed by atoms with van der Waals surface area (Å²) < 4.78 is 0. The third kappa shape index (κ3) is 5.13. The maximum absolute atomic E-state index is 3.61. The molecule has 1 fully saturated rings. The Hall–Kier alpha value is -0.480. The minimum absolute atomic E-state index is 0.608. The van der Waals surface area contributed by atoms with Crippen molar-refractivity contribution in [2.24, 2.45) is 17.8 Å². The van der Waals surface area contributed by atoms with Crippen LogP contribution in [0.25, 0.3) is 0 Å². The summed E-state index contributed by atoms with van der Waals surface area (Å²) in [6.45, 7) is 9.95. The zero-order valence-electron chi connectivity index (χ0n) is 12.1. The Balaban J connectivity index is 2.49. The smallest absolute Gasteiger partial charge is 0.0120 e. The summed E-state index contributed by atoms with van der Waals surface area (Å²) in [5, 5.41) is 3.61. The Bertz CT molecular complexity index is 258. The van der Waals surface area contributed by atoms with Gasteiger partial charge >= 0.3 is 0 Å². The van der Waals surface area contributed by atoms with Crippen LogP contribution in [-0.4, -0.2) is 12.6 Å². The second kappa shape index (κ2) is 7.77. The van der Waals surface area contributed by atoms with Gasteiger partial charge in [-0.1, -0.05) is 33.6 Å². The van der Waals surface area contributed by atoms with Crippen molar-refractivity contribution in [1.29, 1.82) is 0 Å². The van der Waals surface area contributed by atoms with Crippen molar-refractivity contribution in [1.82, 2.24) is 5.32 Å². The maximum atomic E-state index is 3.61. The second-order valence-electron chi connectivity index (χ2n) is 5.80. The van der Waals surface area contributed by atoms with Crippen LogP contribution in [0.2, 0.25) is 0 Å². The number of hydrogen-bond acceptors (Lipinski definition) is 1. The van der Waals surface area contributed by atoms with Crippen molar-refractivity contribution in [2.45, 2.75) is 65.8 Å². The van der Waals surface area contributed by atoms with E-state index in [-0.39, 0.29) is 0 Å². The lowest BCUT2D eigenvalue weighted by Crippen LogP contribution is -2.35. The Morgan fingerprint density at radius 2 is 2.00 bits per heavy atom. The van der Waals surface area contributed by atoms with Gasteiger partial charge in [0.2, 0.25) is 0 Å². The van der Waals surface area contributed by atoms with E-state index in [1.807, 2.05) is 6.92 Å². The molecule has 1 N–H and O–H groups in total. The van der Waals surface area contributed by atoms with Crippen molar-refractivity contribution < 1.29 is 0 Å². The molecule has 17 heavy (non-hydrogen) atoms. The SMILES string of the molecule is CC#CCC1CC(CC)CCC1CNC(C)C. The van der Waals surface area contributed by atoms with Gasteiger partial charge in [-0.25, -0.2) is 0 Å². The predicted octanol–water partition coefficient (Wildman–Crippen LogP) is 3.84. The maximum Gasteiger partial charge on any atom is 0.0120 e. The lowest BCUT2D eigenvalue weighted by molar-refractivity contribution is 0.173. The fourth-order valence-electron chi connectivity index (χ4n) is 2.93. The molecule has 0 aromatic carbocycles. The highest BCUT2D eigenvalue weighted by molar-refractivity contribution is 4.98. The van der Waals surface area contributed by atoms with Crippen molar-refractivity contribution in [2.75, 3.05) is 6.54 Å². The molecule has 1 rings (SSSR count). The van der Waals surface area contributed by atoms with E-state index < -0.39 is 0 Å². The van der Waals surface area contributed by atoms with E-state index in [9.17, 15) is 0 Å². The lowest BCUT2D eigenvalue weighted by Gasteiger charge is -2.35. The molecular weight excluding hydrogens is 206 g/mol. The van der Waals surface area contributed by atoms with Gasteiger partial charge in [-0.15, -0.1) is 11.8 Å². The highest BCUT2D eigenvalue weighted by atomic mass is 14.9. The summed E-state index contributed by atoms with van der Waals surface area (Å²) in [7, 11) is 0. The largest absolute Gasteiger partial charge is 0.314 e. The third-order valence-corrected chi connectivity index (χ3v) is 4.16. The van der Waals surface area contributed by atoms with Crippen LogP contribution < -0.4 is 5.32 Å². The van der Waals surface area contributed by atoms with Crippen LogP contribution in [0.4, 0.5) is 0 Å². The third-order valence-electron chi connectivity index (χ3n) is 4.16. The van der Waals surface area contributed by atoms with Gasteiger partial charge in [0.05, 0.1) is 0 Å². The molecule has 1 aliphatic rings. The van der Waals surface area contributed by atoms with Crippen LogP contribution >= 0.6 is 0 Å². The molecule has 0 heterocycles. The zero-order chi connectivity index (χ0) is 12.7. The van der Waals surface area contributed by atoms with Crippen LogP contribution in [0.1, 0.15) is 59.8 Å². The minimum Gasteiger partial charge on any atom is -0.314 e. The Labute approximate surface area is 108 Å². The minimum atomic E-state index is 0.608. The van der Waals surface area contributed by atoms with E-state index in [2.05, 4.69) is 37.9 Å². The van der Waals surface area contributed by atoms with E-state index in [0.29, 0.717) is 6.04 Å². The fourth-order valence-corrected chi connectivity index (χ4v) is 2.93. The van der Waals surface area contributed by atoms with E-state index >= 15 is 0 Å². The molecule has 1 heteroatoms. The molecule has 0 aromatic heterocycles. The van der Waals surface area contributed by atoms with Gasteiger partial charge in [0.1, 0.15) is 0 Å². The van der Waals surface area contributed by atoms with Crippen LogP contribution in [0.15, 0.2) is 0 Å². The van der Waals surface area contributed by atoms with Crippen molar-refractivity contribution in [3.8, 4) is 11.8 Å². The van der Waals surface area contributed by atoms with Gasteiger partial charge in [0.25, 0.3) is 0 Å². The van der Waals surface area contributed by atoms with E-state index in [4.69, 9.17) is 0 Å². The molecule has 98 valence electrons. The molecule has 0 aromatic rings. The summed E-state index contributed by atoms with van der Waals surface area (Å²) in [4.78, 5) is 0. The van der Waals surface area contributed by atoms with Crippen molar-refractivity contribution in [3.63, 3.8) is 0 Å². The molecule has 0 radical (unpaired) electrons. The quantitative estimate of drug-likeness (QED) is 0.714. The number of nitrogens with one attached hydrogen (secondary N) is 1. The highest BCUT2D eigenvalue weighted by Gasteiger charge is 2.28. The van der Waals surface area contributed by atoms with Crippen LogP contribution in [0.3, 0.4) is 0 Å². The molecule has 0 aliphatic heterocycles. The average molecular weight is 235 g/mol. The monoisotopic (exact) mass is 235 g/mol. The van der Waals surface area contributed by atoms with E-state index in [1.54, 1.807) is 0 Å². The van der Waals surface area contributed by atoms with Gasteiger partial charge in [0, 0.05) is 12.5 Å². The van der Waals surface area contributed by atoms with Crippen LogP contribution in [-0.2, 0) is 0 Å². The molecule has 0 spiro atoms. The highest BCUT2D eigenvalue weighted by Crippen LogP contribution is 2.36. The first-order chi connectivity index (χ1) is 8.17. The molecule has 3 unspecified atom stereocenters. The van der Waals surface area contributed by atoms with Crippen LogP contribution in [0.5, 0.6) is 0 Å². The normalized spacial score (nSPS) is 28.9. The van der Waals surface area contributed by atoms with Gasteiger partial charge < -0.3 is 5.32 Å². The van der Waals surface area contributed by atoms with Crippen LogP contribution in [0, 0.1) is 29.6 Å². The molecule has 1 saturated carbocycles. The van der Waals surface area contributed by atoms with Crippen molar-refractivity contribution in [3.05, 3.63) is 0 Å². The van der Waals surface area contributed by atoms with E-state index in [1.165, 1.54) is 32.2 Å². The summed E-state index contributed by atoms with van der Waals surface area (Å²) in [6, 6.07) is 0.608. The van der Waals surface area contributed by atoms with Gasteiger partial charge in [-0.2, -0.15) is 0 Å². The molecule has 0 amide bonds. The first-order valence-electron chi connectivity index (χ1n) is 7.30.